The molecule has 0 aliphatic carbocycles. The minimum Gasteiger partial charge on any atom is -0.493 e. The Bertz CT molecular complexity index is 1040. The third kappa shape index (κ3) is 6.03. The van der Waals surface area contributed by atoms with E-state index < -0.39 is 11.6 Å². The zero-order chi connectivity index (χ0) is 23.1. The summed E-state index contributed by atoms with van der Waals surface area (Å²) >= 11 is 0. The quantitative estimate of drug-likeness (QED) is 0.432. The summed E-state index contributed by atoms with van der Waals surface area (Å²) in [6, 6.07) is 15.2. The van der Waals surface area contributed by atoms with Gasteiger partial charge in [-0.3, -0.25) is 0 Å². The molecule has 32 heavy (non-hydrogen) atoms. The van der Waals surface area contributed by atoms with Crippen molar-refractivity contribution in [1.29, 1.82) is 0 Å². The maximum absolute atomic E-state index is 11.3. The standard InChI is InChI=1S/C25H30N2O5/c1-5-30-23-19(17-27(26-23)20-13-11-18(2)12-14-20)8-7-15-31-21-9-6-10-22(16-21)32-25(3,4)24(28)29/h6,9-14,16-17H,5,7-8,15H2,1-4H3,(H,28,29). The molecule has 0 saturated carbocycles. The lowest BCUT2D eigenvalue weighted by molar-refractivity contribution is -0.152. The summed E-state index contributed by atoms with van der Waals surface area (Å²) in [6.45, 7) is 8.06. The zero-order valence-corrected chi connectivity index (χ0v) is 19.0. The molecule has 170 valence electrons. The number of nitrogens with zero attached hydrogens (tertiary/aromatic N) is 2. The van der Waals surface area contributed by atoms with Crippen LogP contribution in [0.4, 0.5) is 0 Å². The van der Waals surface area contributed by atoms with Crippen molar-refractivity contribution in [1.82, 2.24) is 9.78 Å². The van der Waals surface area contributed by atoms with Crippen LogP contribution in [-0.4, -0.2) is 39.7 Å². The van der Waals surface area contributed by atoms with Gasteiger partial charge >= 0.3 is 5.97 Å². The average Bonchev–Trinajstić information content (AvgIpc) is 3.14. The van der Waals surface area contributed by atoms with Crippen LogP contribution in [0, 0.1) is 6.92 Å². The van der Waals surface area contributed by atoms with Gasteiger partial charge in [0, 0.05) is 17.8 Å². The van der Waals surface area contributed by atoms with Crippen molar-refractivity contribution in [2.24, 2.45) is 0 Å². The number of hydrogen-bond acceptors (Lipinski definition) is 5. The van der Waals surface area contributed by atoms with Crippen molar-refractivity contribution in [3.8, 4) is 23.1 Å². The summed E-state index contributed by atoms with van der Waals surface area (Å²) in [4.78, 5) is 11.3. The van der Waals surface area contributed by atoms with Crippen LogP contribution in [0.25, 0.3) is 5.69 Å². The molecule has 1 heterocycles. The highest BCUT2D eigenvalue weighted by Crippen LogP contribution is 2.25. The van der Waals surface area contributed by atoms with Crippen molar-refractivity contribution < 1.29 is 24.1 Å². The van der Waals surface area contributed by atoms with Crippen molar-refractivity contribution in [2.45, 2.75) is 46.1 Å². The summed E-state index contributed by atoms with van der Waals surface area (Å²) in [7, 11) is 0. The first-order valence-corrected chi connectivity index (χ1v) is 10.7. The highest BCUT2D eigenvalue weighted by atomic mass is 16.5. The van der Waals surface area contributed by atoms with Crippen molar-refractivity contribution >= 4 is 5.97 Å². The van der Waals surface area contributed by atoms with Crippen LogP contribution in [0.15, 0.2) is 54.7 Å². The number of rotatable bonds is 11. The minimum absolute atomic E-state index is 0.452. The number of carboxylic acids is 1. The normalized spacial score (nSPS) is 11.2. The molecule has 7 heteroatoms. The fraction of sp³-hybridized carbons (Fsp3) is 0.360. The van der Waals surface area contributed by atoms with Crippen molar-refractivity contribution in [3.63, 3.8) is 0 Å². The second kappa shape index (κ2) is 10.2. The summed E-state index contributed by atoms with van der Waals surface area (Å²) < 4.78 is 19.0. The molecular formula is C25H30N2O5. The molecule has 1 N–H and O–H groups in total. The number of carboxylic acid groups (broad SMARTS) is 1. The Morgan fingerprint density at radius 3 is 2.50 bits per heavy atom. The molecule has 0 aliphatic rings. The Hall–Kier alpha value is -3.48. The van der Waals surface area contributed by atoms with Gasteiger partial charge in [-0.25, -0.2) is 9.48 Å². The Balaban J connectivity index is 1.59. The van der Waals surface area contributed by atoms with Crippen LogP contribution in [-0.2, 0) is 11.2 Å². The SMILES string of the molecule is CCOc1nn(-c2ccc(C)cc2)cc1CCCOc1cccc(OC(C)(C)C(=O)O)c1. The van der Waals surface area contributed by atoms with Gasteiger partial charge in [-0.2, -0.15) is 0 Å². The first-order valence-electron chi connectivity index (χ1n) is 10.7. The van der Waals surface area contributed by atoms with Crippen LogP contribution < -0.4 is 14.2 Å². The van der Waals surface area contributed by atoms with Crippen molar-refractivity contribution in [2.75, 3.05) is 13.2 Å². The third-order valence-corrected chi connectivity index (χ3v) is 4.88. The maximum atomic E-state index is 11.3. The highest BCUT2D eigenvalue weighted by Gasteiger charge is 2.29. The molecule has 0 saturated heterocycles. The van der Waals surface area contributed by atoms with Crippen LogP contribution in [0.5, 0.6) is 17.4 Å². The van der Waals surface area contributed by atoms with E-state index in [0.717, 1.165) is 24.1 Å². The van der Waals surface area contributed by atoms with Gasteiger partial charge in [0.25, 0.3) is 0 Å². The average molecular weight is 439 g/mol. The summed E-state index contributed by atoms with van der Waals surface area (Å²) in [6.07, 6.45) is 3.52. The molecule has 7 nitrogen and oxygen atoms in total. The third-order valence-electron chi connectivity index (χ3n) is 4.88. The first-order chi connectivity index (χ1) is 15.3. The zero-order valence-electron chi connectivity index (χ0n) is 19.0. The second-order valence-electron chi connectivity index (χ2n) is 8.02. The highest BCUT2D eigenvalue weighted by molar-refractivity contribution is 5.76. The van der Waals surface area contributed by atoms with Gasteiger partial charge in [-0.05, 0) is 64.8 Å². The number of aromatic nitrogens is 2. The summed E-state index contributed by atoms with van der Waals surface area (Å²) in [5, 5.41) is 13.8. The van der Waals surface area contributed by atoms with Crippen LogP contribution in [0.2, 0.25) is 0 Å². The van der Waals surface area contributed by atoms with E-state index in [1.807, 2.05) is 36.0 Å². The largest absolute Gasteiger partial charge is 0.493 e. The molecule has 0 unspecified atom stereocenters. The molecule has 0 atom stereocenters. The fourth-order valence-electron chi connectivity index (χ4n) is 3.07. The monoisotopic (exact) mass is 438 g/mol. The van der Waals surface area contributed by atoms with E-state index >= 15 is 0 Å². The van der Waals surface area contributed by atoms with Crippen molar-refractivity contribution in [3.05, 3.63) is 65.9 Å². The summed E-state index contributed by atoms with van der Waals surface area (Å²) in [5.74, 6) is 0.691. The molecule has 0 spiro atoms. The van der Waals surface area contributed by atoms with Gasteiger partial charge < -0.3 is 19.3 Å². The summed E-state index contributed by atoms with van der Waals surface area (Å²) in [5.41, 5.74) is 1.90. The Labute approximate surface area is 188 Å². The first kappa shape index (κ1) is 23.2. The van der Waals surface area contributed by atoms with Crippen LogP contribution >= 0.6 is 0 Å². The molecule has 1 aromatic heterocycles. The number of hydrogen-bond donors (Lipinski definition) is 1. The lowest BCUT2D eigenvalue weighted by atomic mass is 10.1. The van der Waals surface area contributed by atoms with E-state index in [1.165, 1.54) is 19.4 Å². The molecule has 0 fully saturated rings. The van der Waals surface area contributed by atoms with Crippen LogP contribution in [0.3, 0.4) is 0 Å². The van der Waals surface area contributed by atoms with Gasteiger partial charge in [0.2, 0.25) is 5.88 Å². The van der Waals surface area contributed by atoms with E-state index in [9.17, 15) is 9.90 Å². The van der Waals surface area contributed by atoms with Gasteiger partial charge in [0.15, 0.2) is 5.60 Å². The van der Waals surface area contributed by atoms with Gasteiger partial charge in [0.05, 0.1) is 18.9 Å². The smallest absolute Gasteiger partial charge is 0.347 e. The van der Waals surface area contributed by atoms with Gasteiger partial charge in [0.1, 0.15) is 11.5 Å². The van der Waals surface area contributed by atoms with E-state index in [0.29, 0.717) is 30.6 Å². The molecule has 0 bridgehead atoms. The Morgan fingerprint density at radius 2 is 1.81 bits per heavy atom. The van der Waals surface area contributed by atoms with E-state index in [1.54, 1.807) is 18.2 Å². The molecule has 3 aromatic rings. The fourth-order valence-corrected chi connectivity index (χ4v) is 3.07. The number of aliphatic carboxylic acids is 1. The predicted octanol–water partition coefficient (Wildman–Crippen LogP) is 4.83. The second-order valence-corrected chi connectivity index (χ2v) is 8.02. The molecule has 0 aliphatic heterocycles. The Morgan fingerprint density at radius 1 is 1.09 bits per heavy atom. The molecular weight excluding hydrogens is 408 g/mol. The lowest BCUT2D eigenvalue weighted by Gasteiger charge is -2.21. The van der Waals surface area contributed by atoms with Gasteiger partial charge in [-0.15, -0.1) is 5.10 Å². The number of benzene rings is 2. The number of carbonyl (C=O) groups is 1. The number of aryl methyl sites for hydroxylation is 2. The molecule has 0 radical (unpaired) electrons. The predicted molar refractivity (Wildman–Crippen MR) is 122 cm³/mol. The lowest BCUT2D eigenvalue weighted by Crippen LogP contribution is -2.37. The molecule has 2 aromatic carbocycles. The number of ether oxygens (including phenoxy) is 3. The van der Waals surface area contributed by atoms with Gasteiger partial charge in [-0.1, -0.05) is 23.8 Å². The molecule has 0 amide bonds. The minimum atomic E-state index is -1.31. The van der Waals surface area contributed by atoms with E-state index in [-0.39, 0.29) is 0 Å². The maximum Gasteiger partial charge on any atom is 0.347 e. The molecule has 3 rings (SSSR count). The van der Waals surface area contributed by atoms with E-state index in [4.69, 9.17) is 14.2 Å². The topological polar surface area (TPSA) is 82.8 Å². The van der Waals surface area contributed by atoms with Crippen LogP contribution in [0.1, 0.15) is 38.3 Å². The Kier molecular flexibility index (Phi) is 7.41. The van der Waals surface area contributed by atoms with E-state index in [2.05, 4.69) is 24.2 Å².